The Labute approximate surface area is 109 Å². The maximum Gasteiger partial charge on any atom is 0.191 e. The Bertz CT molecular complexity index is 390. The van der Waals surface area contributed by atoms with Crippen molar-refractivity contribution in [1.82, 2.24) is 20.4 Å². The highest BCUT2D eigenvalue weighted by Crippen LogP contribution is 2.17. The van der Waals surface area contributed by atoms with Gasteiger partial charge in [0.1, 0.15) is 0 Å². The van der Waals surface area contributed by atoms with Gasteiger partial charge in [0.25, 0.3) is 0 Å². The van der Waals surface area contributed by atoms with E-state index in [1.54, 1.807) is 0 Å². The number of nitrogens with zero attached hydrogens (tertiary/aromatic N) is 3. The molecule has 0 bridgehead atoms. The van der Waals surface area contributed by atoms with E-state index in [0.717, 1.165) is 18.9 Å². The van der Waals surface area contributed by atoms with E-state index in [4.69, 9.17) is 0 Å². The van der Waals surface area contributed by atoms with E-state index in [2.05, 4.69) is 26.9 Å². The number of aliphatic imine (C=N–C) groups is 1. The summed E-state index contributed by atoms with van der Waals surface area (Å²) in [7, 11) is 3.77. The van der Waals surface area contributed by atoms with Gasteiger partial charge in [-0.3, -0.25) is 9.67 Å². The topological polar surface area (TPSA) is 54.2 Å². The average molecular weight is 249 g/mol. The van der Waals surface area contributed by atoms with Crippen molar-refractivity contribution in [3.05, 3.63) is 18.0 Å². The van der Waals surface area contributed by atoms with Gasteiger partial charge in [-0.1, -0.05) is 12.8 Å². The molecule has 1 aliphatic carbocycles. The lowest BCUT2D eigenvalue weighted by Crippen LogP contribution is -2.42. The fourth-order valence-corrected chi connectivity index (χ4v) is 2.38. The summed E-state index contributed by atoms with van der Waals surface area (Å²) < 4.78 is 1.83. The molecule has 0 aromatic carbocycles. The Morgan fingerprint density at radius 1 is 1.50 bits per heavy atom. The molecule has 2 rings (SSSR count). The minimum atomic E-state index is 0.606. The summed E-state index contributed by atoms with van der Waals surface area (Å²) in [6, 6.07) is 0.606. The fraction of sp³-hybridized carbons (Fsp3) is 0.692. The molecule has 1 fully saturated rings. The van der Waals surface area contributed by atoms with Crippen LogP contribution in [0.2, 0.25) is 0 Å². The monoisotopic (exact) mass is 249 g/mol. The van der Waals surface area contributed by atoms with Crippen LogP contribution in [0.15, 0.2) is 17.4 Å². The van der Waals surface area contributed by atoms with Gasteiger partial charge >= 0.3 is 0 Å². The number of guanidine groups is 1. The molecule has 1 aliphatic rings. The first-order valence-corrected chi connectivity index (χ1v) is 6.72. The molecule has 100 valence electrons. The molecule has 1 aromatic rings. The smallest absolute Gasteiger partial charge is 0.191 e. The van der Waals surface area contributed by atoms with Gasteiger partial charge in [-0.25, -0.2) is 0 Å². The lowest BCUT2D eigenvalue weighted by Gasteiger charge is -2.16. The summed E-state index contributed by atoms with van der Waals surface area (Å²) in [5.41, 5.74) is 1.25. The van der Waals surface area contributed by atoms with Crippen LogP contribution in [0.4, 0.5) is 0 Å². The zero-order valence-corrected chi connectivity index (χ0v) is 11.3. The van der Waals surface area contributed by atoms with E-state index < -0.39 is 0 Å². The summed E-state index contributed by atoms with van der Waals surface area (Å²) in [5, 5.41) is 11.0. The van der Waals surface area contributed by atoms with Crippen LogP contribution in [-0.4, -0.2) is 35.4 Å². The maximum atomic E-state index is 4.26. The molecule has 1 saturated carbocycles. The third kappa shape index (κ3) is 3.75. The maximum absolute atomic E-state index is 4.26. The van der Waals surface area contributed by atoms with E-state index >= 15 is 0 Å². The first-order valence-electron chi connectivity index (χ1n) is 6.72. The third-order valence-corrected chi connectivity index (χ3v) is 3.38. The van der Waals surface area contributed by atoms with Gasteiger partial charge in [0, 0.05) is 32.9 Å². The van der Waals surface area contributed by atoms with Crippen LogP contribution in [-0.2, 0) is 13.5 Å². The Hall–Kier alpha value is -1.52. The van der Waals surface area contributed by atoms with Gasteiger partial charge in [0.15, 0.2) is 5.96 Å². The van der Waals surface area contributed by atoms with E-state index in [0.29, 0.717) is 6.04 Å². The molecular formula is C13H23N5. The molecule has 0 saturated heterocycles. The number of hydrogen-bond acceptors (Lipinski definition) is 2. The van der Waals surface area contributed by atoms with Gasteiger partial charge in [-0.2, -0.15) is 5.10 Å². The van der Waals surface area contributed by atoms with Crippen molar-refractivity contribution in [2.45, 2.75) is 38.1 Å². The normalized spacial score (nSPS) is 17.1. The van der Waals surface area contributed by atoms with Crippen molar-refractivity contribution in [2.24, 2.45) is 12.0 Å². The van der Waals surface area contributed by atoms with Crippen molar-refractivity contribution >= 4 is 5.96 Å². The number of aromatic nitrogens is 2. The Morgan fingerprint density at radius 2 is 2.28 bits per heavy atom. The minimum absolute atomic E-state index is 0.606. The summed E-state index contributed by atoms with van der Waals surface area (Å²) >= 11 is 0. The Morgan fingerprint density at radius 3 is 2.89 bits per heavy atom. The number of rotatable bonds is 4. The first-order chi connectivity index (χ1) is 8.78. The molecule has 1 heterocycles. The Kier molecular flexibility index (Phi) is 4.61. The molecule has 1 aromatic heterocycles. The van der Waals surface area contributed by atoms with Crippen molar-refractivity contribution in [1.29, 1.82) is 0 Å². The fourth-order valence-electron chi connectivity index (χ4n) is 2.38. The van der Waals surface area contributed by atoms with E-state index in [1.165, 1.54) is 31.2 Å². The SMILES string of the molecule is CN=C(NCCc1cnn(C)c1)NC1CCCC1. The summed E-state index contributed by atoms with van der Waals surface area (Å²) in [6.07, 6.45) is 10.1. The molecule has 2 N–H and O–H groups in total. The summed E-state index contributed by atoms with van der Waals surface area (Å²) in [6.45, 7) is 0.887. The predicted octanol–water partition coefficient (Wildman–Crippen LogP) is 1.07. The summed E-state index contributed by atoms with van der Waals surface area (Å²) in [4.78, 5) is 4.26. The van der Waals surface area contributed by atoms with Crippen LogP contribution in [0.25, 0.3) is 0 Å². The molecule has 18 heavy (non-hydrogen) atoms. The zero-order valence-electron chi connectivity index (χ0n) is 11.3. The molecule has 5 nitrogen and oxygen atoms in total. The van der Waals surface area contributed by atoms with Crippen LogP contribution in [0.3, 0.4) is 0 Å². The van der Waals surface area contributed by atoms with Crippen LogP contribution >= 0.6 is 0 Å². The second-order valence-electron chi connectivity index (χ2n) is 4.90. The highest BCUT2D eigenvalue weighted by atomic mass is 15.2. The number of hydrogen-bond donors (Lipinski definition) is 2. The van der Waals surface area contributed by atoms with Crippen LogP contribution in [0.1, 0.15) is 31.2 Å². The van der Waals surface area contributed by atoms with Crippen molar-refractivity contribution in [3.63, 3.8) is 0 Å². The molecule has 0 aliphatic heterocycles. The van der Waals surface area contributed by atoms with Gasteiger partial charge in [0.05, 0.1) is 6.20 Å². The molecule has 0 spiro atoms. The van der Waals surface area contributed by atoms with E-state index in [9.17, 15) is 0 Å². The standard InChI is InChI=1S/C13H23N5/c1-14-13(17-12-5-3-4-6-12)15-8-7-11-9-16-18(2)10-11/h9-10,12H,3-8H2,1-2H3,(H2,14,15,17). The Balaban J connectivity index is 1.70. The minimum Gasteiger partial charge on any atom is -0.356 e. The van der Waals surface area contributed by atoms with E-state index in [1.807, 2.05) is 25.0 Å². The second kappa shape index (κ2) is 6.42. The number of nitrogens with one attached hydrogen (secondary N) is 2. The molecule has 0 amide bonds. The van der Waals surface area contributed by atoms with Crippen LogP contribution in [0, 0.1) is 0 Å². The zero-order chi connectivity index (χ0) is 12.8. The predicted molar refractivity (Wildman–Crippen MR) is 73.7 cm³/mol. The van der Waals surface area contributed by atoms with Crippen molar-refractivity contribution < 1.29 is 0 Å². The largest absolute Gasteiger partial charge is 0.356 e. The summed E-state index contributed by atoms with van der Waals surface area (Å²) in [5.74, 6) is 0.922. The van der Waals surface area contributed by atoms with Crippen molar-refractivity contribution in [2.75, 3.05) is 13.6 Å². The molecule has 0 unspecified atom stereocenters. The second-order valence-corrected chi connectivity index (χ2v) is 4.90. The molecule has 0 atom stereocenters. The van der Waals surface area contributed by atoms with E-state index in [-0.39, 0.29) is 0 Å². The van der Waals surface area contributed by atoms with Crippen molar-refractivity contribution in [3.8, 4) is 0 Å². The van der Waals surface area contributed by atoms with Gasteiger partial charge in [-0.05, 0) is 24.8 Å². The highest BCUT2D eigenvalue weighted by molar-refractivity contribution is 5.79. The lowest BCUT2D eigenvalue weighted by atomic mass is 10.2. The van der Waals surface area contributed by atoms with Gasteiger partial charge < -0.3 is 10.6 Å². The quantitative estimate of drug-likeness (QED) is 0.620. The lowest BCUT2D eigenvalue weighted by molar-refractivity contribution is 0.613. The van der Waals surface area contributed by atoms with Crippen LogP contribution in [0.5, 0.6) is 0 Å². The molecular weight excluding hydrogens is 226 g/mol. The molecule has 0 radical (unpaired) electrons. The van der Waals surface area contributed by atoms with Gasteiger partial charge in [0.2, 0.25) is 0 Å². The van der Waals surface area contributed by atoms with Crippen LogP contribution < -0.4 is 10.6 Å². The van der Waals surface area contributed by atoms with Gasteiger partial charge in [-0.15, -0.1) is 0 Å². The molecule has 5 heteroatoms. The average Bonchev–Trinajstić information content (AvgIpc) is 3.00. The highest BCUT2D eigenvalue weighted by Gasteiger charge is 2.15. The first kappa shape index (κ1) is 12.9. The number of aryl methyl sites for hydroxylation is 1. The third-order valence-electron chi connectivity index (χ3n) is 3.38.